The van der Waals surface area contributed by atoms with E-state index in [0.29, 0.717) is 23.6 Å². The maximum absolute atomic E-state index is 12.7. The van der Waals surface area contributed by atoms with Crippen LogP contribution in [-0.4, -0.2) is 44.8 Å². The van der Waals surface area contributed by atoms with E-state index in [0.717, 1.165) is 11.1 Å². The quantitative estimate of drug-likeness (QED) is 0.821. The van der Waals surface area contributed by atoms with E-state index >= 15 is 0 Å². The molecule has 1 heterocycles. The number of benzene rings is 1. The molecule has 0 saturated heterocycles. The first-order valence-corrected chi connectivity index (χ1v) is 8.44. The Morgan fingerprint density at radius 3 is 2.56 bits per heavy atom. The molecular formula is C19H21NO4S. The fraction of sp³-hybridized carbons (Fsp3) is 0.316. The molecular weight excluding hydrogens is 338 g/mol. The molecule has 0 spiro atoms. The van der Waals surface area contributed by atoms with E-state index in [1.54, 1.807) is 26.2 Å². The summed E-state index contributed by atoms with van der Waals surface area (Å²) < 4.78 is 16.3. The minimum Gasteiger partial charge on any atom is -0.494 e. The van der Waals surface area contributed by atoms with Crippen LogP contribution in [0.4, 0.5) is 0 Å². The van der Waals surface area contributed by atoms with Crippen molar-refractivity contribution in [2.45, 2.75) is 11.5 Å². The van der Waals surface area contributed by atoms with E-state index in [1.165, 1.54) is 0 Å². The zero-order valence-electron chi connectivity index (χ0n) is 14.4. The first-order valence-electron chi connectivity index (χ1n) is 7.92. The Hall–Kier alpha value is -2.18. The number of methoxy groups -OCH3 is 3. The van der Waals surface area contributed by atoms with E-state index in [4.69, 9.17) is 14.2 Å². The first-order chi connectivity index (χ1) is 12.1. The number of hydrogen-bond donors (Lipinski definition) is 1. The smallest absolute Gasteiger partial charge is 0.255 e. The lowest BCUT2D eigenvalue weighted by atomic mass is 10.1. The number of amides is 1. The number of nitrogens with zero attached hydrogens (tertiary/aromatic N) is 1. The SMILES string of the molecule is COC1=C(OC)C(OC)C=CC(CN2C(=O)c3ccccc3C2S)=C1. The van der Waals surface area contributed by atoms with Gasteiger partial charge in [-0.2, -0.15) is 0 Å². The van der Waals surface area contributed by atoms with Crippen LogP contribution in [0, 0.1) is 0 Å². The van der Waals surface area contributed by atoms with Gasteiger partial charge in [0.25, 0.3) is 5.91 Å². The summed E-state index contributed by atoms with van der Waals surface area (Å²) in [4.78, 5) is 14.4. The Labute approximate surface area is 153 Å². The molecule has 1 aliphatic heterocycles. The fourth-order valence-corrected chi connectivity index (χ4v) is 3.50. The van der Waals surface area contributed by atoms with Gasteiger partial charge in [-0.15, -0.1) is 12.6 Å². The molecule has 0 fully saturated rings. The highest BCUT2D eigenvalue weighted by Gasteiger charge is 2.34. The number of hydrogen-bond acceptors (Lipinski definition) is 5. The van der Waals surface area contributed by atoms with Crippen molar-refractivity contribution in [1.82, 2.24) is 4.90 Å². The van der Waals surface area contributed by atoms with Crippen LogP contribution >= 0.6 is 12.6 Å². The van der Waals surface area contributed by atoms with Crippen molar-refractivity contribution in [2.75, 3.05) is 27.9 Å². The molecule has 25 heavy (non-hydrogen) atoms. The number of fused-ring (bicyclic) bond motifs is 1. The van der Waals surface area contributed by atoms with Gasteiger partial charge in [0.15, 0.2) is 11.5 Å². The Morgan fingerprint density at radius 1 is 1.16 bits per heavy atom. The average Bonchev–Trinajstić information content (AvgIpc) is 2.79. The summed E-state index contributed by atoms with van der Waals surface area (Å²) in [5.74, 6) is 1.15. The van der Waals surface area contributed by atoms with Crippen LogP contribution < -0.4 is 0 Å². The minimum absolute atomic E-state index is 0.0210. The van der Waals surface area contributed by atoms with Crippen molar-refractivity contribution in [2.24, 2.45) is 0 Å². The van der Waals surface area contributed by atoms with Crippen LogP contribution in [0.15, 0.2) is 59.6 Å². The second-order valence-corrected chi connectivity index (χ2v) is 6.25. The molecule has 2 atom stereocenters. The number of carbonyl (C=O) groups is 1. The van der Waals surface area contributed by atoms with Gasteiger partial charge in [0.1, 0.15) is 11.5 Å². The molecule has 1 aromatic carbocycles. The van der Waals surface area contributed by atoms with Crippen LogP contribution in [0.1, 0.15) is 21.3 Å². The highest BCUT2D eigenvalue weighted by molar-refractivity contribution is 7.80. The molecule has 0 radical (unpaired) electrons. The zero-order chi connectivity index (χ0) is 18.0. The monoisotopic (exact) mass is 359 g/mol. The van der Waals surface area contributed by atoms with Gasteiger partial charge in [-0.1, -0.05) is 24.3 Å². The van der Waals surface area contributed by atoms with Crippen molar-refractivity contribution in [1.29, 1.82) is 0 Å². The first kappa shape index (κ1) is 17.6. The number of rotatable bonds is 5. The summed E-state index contributed by atoms with van der Waals surface area (Å²) in [5, 5.41) is -0.267. The van der Waals surface area contributed by atoms with Gasteiger partial charge >= 0.3 is 0 Å². The summed E-state index contributed by atoms with van der Waals surface area (Å²) >= 11 is 4.63. The maximum atomic E-state index is 12.7. The van der Waals surface area contributed by atoms with Crippen LogP contribution in [0.2, 0.25) is 0 Å². The average molecular weight is 359 g/mol. The summed E-state index contributed by atoms with van der Waals surface area (Å²) in [6, 6.07) is 7.56. The number of ether oxygens (including phenoxy) is 3. The van der Waals surface area contributed by atoms with E-state index in [9.17, 15) is 4.79 Å². The number of carbonyl (C=O) groups excluding carboxylic acids is 1. The number of thiol groups is 1. The normalized spacial score (nSPS) is 22.6. The molecule has 1 aromatic rings. The molecule has 6 heteroatoms. The lowest BCUT2D eigenvalue weighted by Gasteiger charge is -2.22. The largest absolute Gasteiger partial charge is 0.494 e. The second kappa shape index (κ2) is 7.37. The molecule has 2 unspecified atom stereocenters. The van der Waals surface area contributed by atoms with Crippen LogP contribution in [0.3, 0.4) is 0 Å². The third kappa shape index (κ3) is 3.19. The lowest BCUT2D eigenvalue weighted by Crippen LogP contribution is -2.27. The predicted octanol–water partition coefficient (Wildman–Crippen LogP) is 3.09. The molecule has 3 rings (SSSR count). The second-order valence-electron chi connectivity index (χ2n) is 5.77. The topological polar surface area (TPSA) is 48.0 Å². The van der Waals surface area contributed by atoms with Crippen molar-refractivity contribution in [3.05, 3.63) is 70.7 Å². The Kier molecular flexibility index (Phi) is 5.20. The van der Waals surface area contributed by atoms with E-state index in [2.05, 4.69) is 12.6 Å². The molecule has 1 amide bonds. The van der Waals surface area contributed by atoms with Gasteiger partial charge in [0.2, 0.25) is 0 Å². The highest BCUT2D eigenvalue weighted by atomic mass is 32.1. The standard InChI is InChI=1S/C19H21NO4S/c1-22-15-9-8-12(10-16(23-2)17(15)24-3)11-20-18(21)13-6-4-5-7-14(13)19(20)25/h4-10,15,19,25H,11H2,1-3H3. The van der Waals surface area contributed by atoms with E-state index in [-0.39, 0.29) is 17.4 Å². The molecule has 0 aromatic heterocycles. The molecule has 0 bridgehead atoms. The molecule has 0 N–H and O–H groups in total. The summed E-state index contributed by atoms with van der Waals surface area (Å²) in [7, 11) is 4.77. The van der Waals surface area contributed by atoms with Gasteiger partial charge in [-0.25, -0.2) is 0 Å². The van der Waals surface area contributed by atoms with Crippen molar-refractivity contribution < 1.29 is 19.0 Å². The third-order valence-electron chi connectivity index (χ3n) is 4.37. The lowest BCUT2D eigenvalue weighted by molar-refractivity contribution is 0.0790. The van der Waals surface area contributed by atoms with Crippen LogP contribution in [0.5, 0.6) is 0 Å². The summed E-state index contributed by atoms with van der Waals surface area (Å²) in [5.41, 5.74) is 2.55. The molecule has 132 valence electrons. The molecule has 2 aliphatic rings. The van der Waals surface area contributed by atoms with Gasteiger partial charge in [-0.05, 0) is 29.4 Å². The number of allylic oxidation sites excluding steroid dienone is 1. The molecule has 0 saturated carbocycles. The Morgan fingerprint density at radius 2 is 1.92 bits per heavy atom. The van der Waals surface area contributed by atoms with Crippen LogP contribution in [-0.2, 0) is 14.2 Å². The van der Waals surface area contributed by atoms with Gasteiger partial charge < -0.3 is 19.1 Å². The Balaban J connectivity index is 1.90. The molecule has 5 nitrogen and oxygen atoms in total. The third-order valence-corrected chi connectivity index (χ3v) is 4.93. The Bertz CT molecular complexity index is 768. The minimum atomic E-state index is -0.341. The van der Waals surface area contributed by atoms with Crippen molar-refractivity contribution in [3.63, 3.8) is 0 Å². The predicted molar refractivity (Wildman–Crippen MR) is 98.3 cm³/mol. The summed E-state index contributed by atoms with van der Waals surface area (Å²) in [6.07, 6.45) is 5.34. The van der Waals surface area contributed by atoms with Crippen molar-refractivity contribution >= 4 is 18.5 Å². The highest BCUT2D eigenvalue weighted by Crippen LogP contribution is 2.36. The van der Waals surface area contributed by atoms with Crippen molar-refractivity contribution in [3.8, 4) is 0 Å². The van der Waals surface area contributed by atoms with Gasteiger partial charge in [0.05, 0.1) is 14.2 Å². The molecule has 1 aliphatic carbocycles. The van der Waals surface area contributed by atoms with E-state index < -0.39 is 0 Å². The zero-order valence-corrected chi connectivity index (χ0v) is 15.3. The summed E-state index contributed by atoms with van der Waals surface area (Å²) in [6.45, 7) is 0.415. The van der Waals surface area contributed by atoms with E-state index in [1.807, 2.05) is 42.5 Å². The van der Waals surface area contributed by atoms with Crippen LogP contribution in [0.25, 0.3) is 0 Å². The van der Waals surface area contributed by atoms with Gasteiger partial charge in [-0.3, -0.25) is 4.79 Å². The van der Waals surface area contributed by atoms with Gasteiger partial charge in [0, 0.05) is 19.2 Å². The fourth-order valence-electron chi connectivity index (χ4n) is 3.09. The maximum Gasteiger partial charge on any atom is 0.255 e.